The monoisotopic (exact) mass is 423 g/mol. The summed E-state index contributed by atoms with van der Waals surface area (Å²) in [6.45, 7) is 0.516. The molecule has 4 rings (SSSR count). The van der Waals surface area contributed by atoms with Gasteiger partial charge in [0.15, 0.2) is 5.11 Å². The highest BCUT2D eigenvalue weighted by molar-refractivity contribution is 7.80. The molecule has 3 aromatic rings. The summed E-state index contributed by atoms with van der Waals surface area (Å²) >= 11 is 11.2. The van der Waals surface area contributed by atoms with Crippen molar-refractivity contribution in [1.82, 2.24) is 16.2 Å². The van der Waals surface area contributed by atoms with Crippen LogP contribution in [0.2, 0.25) is 5.02 Å². The van der Waals surface area contributed by atoms with E-state index in [2.05, 4.69) is 16.2 Å². The van der Waals surface area contributed by atoms with Crippen LogP contribution in [0.4, 0.5) is 0 Å². The number of fused-ring (bicyclic) bond motifs is 2. The fourth-order valence-electron chi connectivity index (χ4n) is 3.21. The minimum absolute atomic E-state index is 0.219. The molecule has 0 aliphatic carbocycles. The topological polar surface area (TPSA) is 62.4 Å². The molecule has 0 bridgehead atoms. The van der Waals surface area contributed by atoms with E-state index in [0.717, 1.165) is 16.7 Å². The number of nitrogens with one attached hydrogen (secondary N) is 3. The lowest BCUT2D eigenvalue weighted by Crippen LogP contribution is -2.48. The van der Waals surface area contributed by atoms with E-state index >= 15 is 0 Å². The molecule has 0 radical (unpaired) electrons. The lowest BCUT2D eigenvalue weighted by molar-refractivity contribution is -0.122. The molecule has 3 N–H and O–H groups in total. The van der Waals surface area contributed by atoms with Gasteiger partial charge in [0.1, 0.15) is 11.5 Å². The maximum Gasteiger partial charge on any atom is 0.250 e. The Hall–Kier alpha value is -3.09. The van der Waals surface area contributed by atoms with Gasteiger partial charge in [-0.2, -0.15) is 0 Å². The van der Waals surface area contributed by atoms with Crippen LogP contribution in [0.25, 0.3) is 0 Å². The maximum absolute atomic E-state index is 13.0. The van der Waals surface area contributed by atoms with E-state index < -0.39 is 5.92 Å². The second kappa shape index (κ2) is 8.51. The normalized spacial score (nSPS) is 12.2. The number of hydrogen-bond acceptors (Lipinski definition) is 3. The molecule has 1 heterocycles. The standard InChI is InChI=1S/C22H18ClN3O2S/c23-15-11-9-14(10-12-15)13-24-22(29)26-25-21(27)20-16-5-1-3-7-18(16)28-19-8-4-2-6-17(19)20/h1-12,20H,13H2,(H,25,27)(H2,24,26,29). The lowest BCUT2D eigenvalue weighted by Gasteiger charge is -2.27. The van der Waals surface area contributed by atoms with Crippen molar-refractivity contribution in [2.45, 2.75) is 12.5 Å². The van der Waals surface area contributed by atoms with Gasteiger partial charge in [-0.3, -0.25) is 15.6 Å². The van der Waals surface area contributed by atoms with E-state index in [1.54, 1.807) is 0 Å². The Morgan fingerprint density at radius 2 is 1.48 bits per heavy atom. The third kappa shape index (κ3) is 4.34. The number of thiocarbonyl (C=S) groups is 1. The molecule has 0 saturated heterocycles. The molecule has 0 fully saturated rings. The molecule has 1 aliphatic heterocycles. The van der Waals surface area contributed by atoms with Crippen molar-refractivity contribution >= 4 is 34.8 Å². The highest BCUT2D eigenvalue weighted by Crippen LogP contribution is 2.43. The van der Waals surface area contributed by atoms with Crippen LogP contribution in [0.5, 0.6) is 11.5 Å². The Morgan fingerprint density at radius 1 is 0.897 bits per heavy atom. The Kier molecular flexibility index (Phi) is 5.64. The summed E-state index contributed by atoms with van der Waals surface area (Å²) in [4.78, 5) is 13.0. The molecule has 7 heteroatoms. The summed E-state index contributed by atoms with van der Waals surface area (Å²) < 4.78 is 5.93. The fraction of sp³-hybridized carbons (Fsp3) is 0.0909. The second-order valence-electron chi connectivity index (χ2n) is 6.53. The highest BCUT2D eigenvalue weighted by Gasteiger charge is 2.32. The number of benzene rings is 3. The maximum atomic E-state index is 13.0. The summed E-state index contributed by atoms with van der Waals surface area (Å²) in [5, 5.41) is 4.05. The minimum Gasteiger partial charge on any atom is -0.457 e. The van der Waals surface area contributed by atoms with Gasteiger partial charge in [-0.15, -0.1) is 0 Å². The van der Waals surface area contributed by atoms with Crippen LogP contribution < -0.4 is 20.9 Å². The molecule has 0 saturated carbocycles. The van der Waals surface area contributed by atoms with E-state index in [1.165, 1.54) is 0 Å². The van der Waals surface area contributed by atoms with Gasteiger partial charge in [-0.25, -0.2) is 0 Å². The first kappa shape index (κ1) is 19.2. The van der Waals surface area contributed by atoms with Crippen molar-refractivity contribution in [3.8, 4) is 11.5 Å². The van der Waals surface area contributed by atoms with E-state index in [1.807, 2.05) is 72.8 Å². The van der Waals surface area contributed by atoms with Crippen molar-refractivity contribution in [1.29, 1.82) is 0 Å². The van der Waals surface area contributed by atoms with Gasteiger partial charge in [0.2, 0.25) is 0 Å². The molecular formula is C22H18ClN3O2S. The molecule has 0 spiro atoms. The van der Waals surface area contributed by atoms with Crippen LogP contribution in [0.3, 0.4) is 0 Å². The predicted molar refractivity (Wildman–Crippen MR) is 117 cm³/mol. The molecule has 1 amide bonds. The summed E-state index contributed by atoms with van der Waals surface area (Å²) in [7, 11) is 0. The molecule has 146 valence electrons. The molecule has 29 heavy (non-hydrogen) atoms. The first-order chi connectivity index (χ1) is 14.1. The van der Waals surface area contributed by atoms with Gasteiger partial charge in [0.05, 0.1) is 5.92 Å². The average Bonchev–Trinajstić information content (AvgIpc) is 2.75. The van der Waals surface area contributed by atoms with Crippen LogP contribution in [-0.4, -0.2) is 11.0 Å². The van der Waals surface area contributed by atoms with Crippen LogP contribution in [0.1, 0.15) is 22.6 Å². The lowest BCUT2D eigenvalue weighted by atomic mass is 9.87. The summed E-state index contributed by atoms with van der Waals surface area (Å²) in [5.41, 5.74) is 8.13. The molecule has 5 nitrogen and oxygen atoms in total. The summed E-state index contributed by atoms with van der Waals surface area (Å²) in [6, 6.07) is 22.5. The van der Waals surface area contributed by atoms with Crippen LogP contribution in [0, 0.1) is 0 Å². The van der Waals surface area contributed by atoms with Crippen molar-refractivity contribution < 1.29 is 9.53 Å². The number of hydrazine groups is 1. The van der Waals surface area contributed by atoms with Crippen molar-refractivity contribution in [3.63, 3.8) is 0 Å². The van der Waals surface area contributed by atoms with E-state index in [0.29, 0.717) is 28.2 Å². The Balaban J connectivity index is 1.42. The molecule has 0 atom stereocenters. The van der Waals surface area contributed by atoms with Gasteiger partial charge in [-0.05, 0) is 42.0 Å². The van der Waals surface area contributed by atoms with E-state index in [4.69, 9.17) is 28.6 Å². The number of amides is 1. The predicted octanol–water partition coefficient (Wildman–Crippen LogP) is 4.27. The number of carbonyl (C=O) groups excluding carboxylic acids is 1. The third-order valence-electron chi connectivity index (χ3n) is 4.61. The zero-order valence-corrected chi connectivity index (χ0v) is 16.9. The van der Waals surface area contributed by atoms with Gasteiger partial charge in [0, 0.05) is 22.7 Å². The minimum atomic E-state index is -0.497. The zero-order chi connectivity index (χ0) is 20.2. The molecule has 0 aromatic heterocycles. The largest absolute Gasteiger partial charge is 0.457 e. The number of rotatable bonds is 3. The van der Waals surface area contributed by atoms with Crippen LogP contribution in [0.15, 0.2) is 72.8 Å². The number of carbonyl (C=O) groups is 1. The van der Waals surface area contributed by atoms with Gasteiger partial charge >= 0.3 is 0 Å². The number of hydrogen-bond donors (Lipinski definition) is 3. The quantitative estimate of drug-likeness (QED) is 0.433. The number of para-hydroxylation sites is 2. The van der Waals surface area contributed by atoms with Crippen LogP contribution >= 0.6 is 23.8 Å². The summed E-state index contributed by atoms with van der Waals surface area (Å²) in [5.74, 6) is 0.635. The van der Waals surface area contributed by atoms with Crippen molar-refractivity contribution in [2.24, 2.45) is 0 Å². The second-order valence-corrected chi connectivity index (χ2v) is 7.38. The summed E-state index contributed by atoms with van der Waals surface area (Å²) in [6.07, 6.45) is 0. The third-order valence-corrected chi connectivity index (χ3v) is 5.11. The number of halogens is 1. The Morgan fingerprint density at radius 3 is 2.10 bits per heavy atom. The smallest absolute Gasteiger partial charge is 0.250 e. The highest BCUT2D eigenvalue weighted by atomic mass is 35.5. The fourth-order valence-corrected chi connectivity index (χ4v) is 3.46. The molecule has 1 aliphatic rings. The van der Waals surface area contributed by atoms with Crippen molar-refractivity contribution in [3.05, 3.63) is 94.5 Å². The molecule has 0 unspecified atom stereocenters. The van der Waals surface area contributed by atoms with Gasteiger partial charge in [0.25, 0.3) is 5.91 Å². The average molecular weight is 424 g/mol. The first-order valence-corrected chi connectivity index (χ1v) is 9.84. The van der Waals surface area contributed by atoms with Gasteiger partial charge < -0.3 is 10.1 Å². The van der Waals surface area contributed by atoms with E-state index in [-0.39, 0.29) is 5.91 Å². The number of ether oxygens (including phenoxy) is 1. The first-order valence-electron chi connectivity index (χ1n) is 9.05. The zero-order valence-electron chi connectivity index (χ0n) is 15.3. The van der Waals surface area contributed by atoms with Crippen LogP contribution in [-0.2, 0) is 11.3 Å². The van der Waals surface area contributed by atoms with E-state index in [9.17, 15) is 4.79 Å². The Bertz CT molecular complexity index is 1010. The van der Waals surface area contributed by atoms with Gasteiger partial charge in [-0.1, -0.05) is 60.1 Å². The SMILES string of the molecule is O=C(NNC(=S)NCc1ccc(Cl)cc1)C1c2ccccc2Oc2ccccc21. The van der Waals surface area contributed by atoms with Crippen molar-refractivity contribution in [2.75, 3.05) is 0 Å². The Labute approximate surface area is 179 Å². The molecule has 3 aromatic carbocycles. The molecular weight excluding hydrogens is 406 g/mol.